The molecule has 0 bridgehead atoms. The molecule has 0 saturated carbocycles. The lowest BCUT2D eigenvalue weighted by Crippen LogP contribution is -2.29. The summed E-state index contributed by atoms with van der Waals surface area (Å²) in [5, 5.41) is 0. The number of hydrogen-bond acceptors (Lipinski definition) is 2. The van der Waals surface area contributed by atoms with Gasteiger partial charge in [0.25, 0.3) is 0 Å². The standard InChI is InChI=1S/C18H26N2/c1-5-18(6-2)11-15(10-13(4)17(18)20)14-7-8-16(19)12(3)9-14/h7-9,11H,5-6,10,19-20H2,1-4H3. The molecule has 0 heterocycles. The van der Waals surface area contributed by atoms with Gasteiger partial charge in [0.2, 0.25) is 0 Å². The van der Waals surface area contributed by atoms with Crippen LogP contribution in [0.1, 0.15) is 51.2 Å². The van der Waals surface area contributed by atoms with Crippen molar-refractivity contribution in [3.05, 3.63) is 46.7 Å². The van der Waals surface area contributed by atoms with Crippen LogP contribution in [0.3, 0.4) is 0 Å². The number of hydrogen-bond donors (Lipinski definition) is 2. The molecular weight excluding hydrogens is 244 g/mol. The van der Waals surface area contributed by atoms with Gasteiger partial charge in [-0.15, -0.1) is 0 Å². The second kappa shape index (κ2) is 5.35. The van der Waals surface area contributed by atoms with Gasteiger partial charge in [0, 0.05) is 16.8 Å². The zero-order chi connectivity index (χ0) is 14.9. The van der Waals surface area contributed by atoms with Crippen molar-refractivity contribution in [1.82, 2.24) is 0 Å². The Labute approximate surface area is 122 Å². The Kier molecular flexibility index (Phi) is 3.94. The maximum atomic E-state index is 6.39. The van der Waals surface area contributed by atoms with E-state index in [9.17, 15) is 0 Å². The third kappa shape index (κ3) is 2.35. The zero-order valence-corrected chi connectivity index (χ0v) is 13.1. The summed E-state index contributed by atoms with van der Waals surface area (Å²) in [6, 6.07) is 6.31. The molecule has 0 aromatic heterocycles. The Morgan fingerprint density at radius 3 is 2.30 bits per heavy atom. The summed E-state index contributed by atoms with van der Waals surface area (Å²) in [4.78, 5) is 0. The lowest BCUT2D eigenvalue weighted by molar-refractivity contribution is 0.412. The topological polar surface area (TPSA) is 52.0 Å². The van der Waals surface area contributed by atoms with Gasteiger partial charge in [-0.25, -0.2) is 0 Å². The molecule has 0 unspecified atom stereocenters. The van der Waals surface area contributed by atoms with Crippen molar-refractivity contribution in [2.75, 3.05) is 5.73 Å². The van der Waals surface area contributed by atoms with Crippen molar-refractivity contribution < 1.29 is 0 Å². The second-order valence-electron chi connectivity index (χ2n) is 5.97. The molecule has 20 heavy (non-hydrogen) atoms. The van der Waals surface area contributed by atoms with Gasteiger partial charge in [-0.05, 0) is 67.5 Å². The molecule has 0 spiro atoms. The Hall–Kier alpha value is -1.70. The third-order valence-corrected chi connectivity index (χ3v) is 4.80. The monoisotopic (exact) mass is 270 g/mol. The van der Waals surface area contributed by atoms with Crippen molar-refractivity contribution in [1.29, 1.82) is 0 Å². The van der Waals surface area contributed by atoms with Crippen molar-refractivity contribution >= 4 is 11.3 Å². The van der Waals surface area contributed by atoms with Crippen LogP contribution in [-0.2, 0) is 0 Å². The number of aryl methyl sites for hydroxylation is 1. The number of allylic oxidation sites excluding steroid dienone is 3. The van der Waals surface area contributed by atoms with Crippen LogP contribution in [0, 0.1) is 12.3 Å². The van der Waals surface area contributed by atoms with E-state index in [0.717, 1.165) is 36.2 Å². The number of anilines is 1. The largest absolute Gasteiger partial charge is 0.401 e. The van der Waals surface area contributed by atoms with Crippen LogP contribution in [0.25, 0.3) is 5.57 Å². The van der Waals surface area contributed by atoms with E-state index < -0.39 is 0 Å². The third-order valence-electron chi connectivity index (χ3n) is 4.80. The fourth-order valence-corrected chi connectivity index (χ4v) is 3.16. The molecule has 2 heteroatoms. The summed E-state index contributed by atoms with van der Waals surface area (Å²) < 4.78 is 0. The van der Waals surface area contributed by atoms with Crippen LogP contribution >= 0.6 is 0 Å². The predicted molar refractivity (Wildman–Crippen MR) is 88.1 cm³/mol. The number of nitrogen functional groups attached to an aromatic ring is 1. The van der Waals surface area contributed by atoms with Crippen molar-refractivity contribution in [2.24, 2.45) is 11.1 Å². The summed E-state index contributed by atoms with van der Waals surface area (Å²) in [5.41, 5.74) is 19.4. The van der Waals surface area contributed by atoms with Crippen LogP contribution in [0.5, 0.6) is 0 Å². The molecule has 1 aromatic carbocycles. The van der Waals surface area contributed by atoms with Crippen LogP contribution < -0.4 is 11.5 Å². The van der Waals surface area contributed by atoms with E-state index >= 15 is 0 Å². The molecule has 108 valence electrons. The first kappa shape index (κ1) is 14.7. The highest BCUT2D eigenvalue weighted by Gasteiger charge is 2.32. The summed E-state index contributed by atoms with van der Waals surface area (Å²) in [6.45, 7) is 8.66. The molecule has 2 rings (SSSR count). The van der Waals surface area contributed by atoms with Gasteiger partial charge in [-0.3, -0.25) is 0 Å². The Morgan fingerprint density at radius 2 is 1.75 bits per heavy atom. The van der Waals surface area contributed by atoms with E-state index in [0.29, 0.717) is 0 Å². The van der Waals surface area contributed by atoms with Crippen LogP contribution in [-0.4, -0.2) is 0 Å². The minimum Gasteiger partial charge on any atom is -0.401 e. The molecule has 0 radical (unpaired) electrons. The van der Waals surface area contributed by atoms with Gasteiger partial charge in [-0.2, -0.15) is 0 Å². The average molecular weight is 270 g/mol. The van der Waals surface area contributed by atoms with E-state index in [2.05, 4.69) is 45.9 Å². The summed E-state index contributed by atoms with van der Waals surface area (Å²) in [7, 11) is 0. The molecule has 0 atom stereocenters. The van der Waals surface area contributed by atoms with Gasteiger partial charge in [0.15, 0.2) is 0 Å². The average Bonchev–Trinajstić information content (AvgIpc) is 2.45. The first-order chi connectivity index (χ1) is 9.43. The summed E-state index contributed by atoms with van der Waals surface area (Å²) in [5.74, 6) is 0. The maximum Gasteiger partial charge on any atom is 0.0344 e. The fraction of sp³-hybridized carbons (Fsp3) is 0.444. The van der Waals surface area contributed by atoms with Crippen LogP contribution in [0.4, 0.5) is 5.69 Å². The summed E-state index contributed by atoms with van der Waals surface area (Å²) in [6.07, 6.45) is 5.42. The highest BCUT2D eigenvalue weighted by molar-refractivity contribution is 5.73. The molecule has 0 aliphatic heterocycles. The lowest BCUT2D eigenvalue weighted by atomic mass is 9.71. The first-order valence-corrected chi connectivity index (χ1v) is 7.47. The quantitative estimate of drug-likeness (QED) is 0.800. The predicted octanol–water partition coefficient (Wildman–Crippen LogP) is 4.40. The second-order valence-corrected chi connectivity index (χ2v) is 5.97. The Morgan fingerprint density at radius 1 is 1.10 bits per heavy atom. The van der Waals surface area contributed by atoms with E-state index in [1.807, 2.05) is 6.07 Å². The van der Waals surface area contributed by atoms with Crippen LogP contribution in [0.15, 0.2) is 35.5 Å². The van der Waals surface area contributed by atoms with Crippen LogP contribution in [0.2, 0.25) is 0 Å². The zero-order valence-electron chi connectivity index (χ0n) is 13.1. The Bertz CT molecular complexity index is 575. The smallest absolute Gasteiger partial charge is 0.0344 e. The Balaban J connectivity index is 2.50. The van der Waals surface area contributed by atoms with Gasteiger partial charge in [0.1, 0.15) is 0 Å². The number of rotatable bonds is 3. The first-order valence-electron chi connectivity index (χ1n) is 7.47. The van der Waals surface area contributed by atoms with E-state index in [1.165, 1.54) is 16.7 Å². The SMILES string of the molecule is CCC1(CC)C=C(c2ccc(N)c(C)c2)CC(C)=C1N. The van der Waals surface area contributed by atoms with Crippen molar-refractivity contribution in [3.63, 3.8) is 0 Å². The highest BCUT2D eigenvalue weighted by atomic mass is 14.7. The van der Waals surface area contributed by atoms with Gasteiger partial charge >= 0.3 is 0 Å². The summed E-state index contributed by atoms with van der Waals surface area (Å²) >= 11 is 0. The lowest BCUT2D eigenvalue weighted by Gasteiger charge is -2.35. The molecule has 4 N–H and O–H groups in total. The van der Waals surface area contributed by atoms with Gasteiger partial charge in [-0.1, -0.05) is 26.0 Å². The molecule has 2 nitrogen and oxygen atoms in total. The number of nitrogens with two attached hydrogens (primary N) is 2. The number of benzene rings is 1. The molecule has 1 aliphatic rings. The van der Waals surface area contributed by atoms with Gasteiger partial charge in [0.05, 0.1) is 0 Å². The van der Waals surface area contributed by atoms with Crippen molar-refractivity contribution in [2.45, 2.75) is 47.0 Å². The molecular formula is C18H26N2. The minimum absolute atomic E-state index is 0.0208. The van der Waals surface area contributed by atoms with Gasteiger partial charge < -0.3 is 11.5 Å². The minimum atomic E-state index is 0.0208. The molecule has 1 aromatic rings. The van der Waals surface area contributed by atoms with Crippen molar-refractivity contribution in [3.8, 4) is 0 Å². The fourth-order valence-electron chi connectivity index (χ4n) is 3.16. The molecule has 1 aliphatic carbocycles. The van der Waals surface area contributed by atoms with E-state index in [-0.39, 0.29) is 5.41 Å². The molecule has 0 amide bonds. The molecule has 0 fully saturated rings. The van der Waals surface area contributed by atoms with E-state index in [1.54, 1.807) is 0 Å². The normalized spacial score (nSPS) is 18.1. The maximum absolute atomic E-state index is 6.39. The van der Waals surface area contributed by atoms with E-state index in [4.69, 9.17) is 11.5 Å². The highest BCUT2D eigenvalue weighted by Crippen LogP contribution is 2.44. The molecule has 0 saturated heterocycles.